The zero-order chi connectivity index (χ0) is 46.1. The molecule has 324 valence electrons. The number of pyridine rings is 2. The van der Waals surface area contributed by atoms with Crippen molar-refractivity contribution in [1.82, 2.24) is 9.97 Å². The van der Waals surface area contributed by atoms with Gasteiger partial charge < -0.3 is 5.41 Å². The maximum absolute atomic E-state index is 8.85. The fourth-order valence-corrected chi connectivity index (χ4v) is 9.09. The first kappa shape index (κ1) is 43.1. The lowest BCUT2D eigenvalue weighted by atomic mass is 9.87. The quantitative estimate of drug-likeness (QED) is 0.0982. The van der Waals surface area contributed by atoms with Crippen molar-refractivity contribution < 1.29 is 0 Å². The van der Waals surface area contributed by atoms with E-state index in [0.717, 1.165) is 100 Å². The molecule has 0 fully saturated rings. The van der Waals surface area contributed by atoms with E-state index in [2.05, 4.69) is 201 Å². The molecule has 2 heterocycles. The standard InChI is InChI=1S/C65H49N3/c1-2-46(37-39-63(66)48-23-9-4-10-24-48)55-29-15-16-30-56(55)51-35-36-52(42-54(41-51)59-33-18-17-32-58(59)53-38-40-64(67-44-53)49-25-11-5-12-26-49)57-31-19-20-34-60(57)62-45-68-65(50-27-13-6-14-28-50)43-61(62)47-21-7-3-8-22-47/h2-35,37-45,66H,36H2,1H3. The van der Waals surface area contributed by atoms with E-state index in [4.69, 9.17) is 15.4 Å². The van der Waals surface area contributed by atoms with Crippen molar-refractivity contribution in [2.75, 3.05) is 0 Å². The van der Waals surface area contributed by atoms with Gasteiger partial charge in [0.05, 0.1) is 17.1 Å². The zero-order valence-electron chi connectivity index (χ0n) is 37.9. The highest BCUT2D eigenvalue weighted by Crippen LogP contribution is 2.43. The highest BCUT2D eigenvalue weighted by Gasteiger charge is 2.20. The fraction of sp³-hybridized carbons (Fsp3) is 0.0308. The van der Waals surface area contributed by atoms with E-state index in [1.54, 1.807) is 0 Å². The molecule has 10 rings (SSSR count). The van der Waals surface area contributed by atoms with Gasteiger partial charge in [-0.05, 0) is 110 Å². The van der Waals surface area contributed by atoms with Gasteiger partial charge in [-0.3, -0.25) is 9.97 Å². The molecule has 7 aromatic carbocycles. The topological polar surface area (TPSA) is 49.6 Å². The molecule has 0 atom stereocenters. The van der Waals surface area contributed by atoms with Crippen molar-refractivity contribution in [2.45, 2.75) is 13.3 Å². The van der Waals surface area contributed by atoms with Crippen molar-refractivity contribution in [1.29, 1.82) is 5.41 Å². The number of allylic oxidation sites excluding steroid dienone is 10. The number of hydrogen-bond donors (Lipinski definition) is 1. The minimum Gasteiger partial charge on any atom is -0.300 e. The van der Waals surface area contributed by atoms with Crippen LogP contribution in [0.5, 0.6) is 0 Å². The average molecular weight is 872 g/mol. The Balaban J connectivity index is 1.12. The first-order chi connectivity index (χ1) is 33.6. The normalized spacial score (nSPS) is 12.8. The van der Waals surface area contributed by atoms with Crippen LogP contribution in [0, 0.1) is 5.41 Å². The third-order valence-corrected chi connectivity index (χ3v) is 12.6. The predicted octanol–water partition coefficient (Wildman–Crippen LogP) is 16.8. The third-order valence-electron chi connectivity index (χ3n) is 12.6. The van der Waals surface area contributed by atoms with Crippen LogP contribution in [-0.2, 0) is 0 Å². The van der Waals surface area contributed by atoms with Crippen LogP contribution in [0.1, 0.15) is 41.2 Å². The first-order valence-corrected chi connectivity index (χ1v) is 23.1. The van der Waals surface area contributed by atoms with E-state index in [-0.39, 0.29) is 0 Å². The summed E-state index contributed by atoms with van der Waals surface area (Å²) in [4.78, 5) is 10.1. The molecule has 0 bridgehead atoms. The lowest BCUT2D eigenvalue weighted by Crippen LogP contribution is -1.95. The maximum Gasteiger partial charge on any atom is 0.0708 e. The molecule has 1 aliphatic rings. The molecule has 1 aliphatic carbocycles. The zero-order valence-corrected chi connectivity index (χ0v) is 37.9. The second-order valence-electron chi connectivity index (χ2n) is 16.8. The molecule has 9 aromatic rings. The molecule has 2 aromatic heterocycles. The molecule has 1 N–H and O–H groups in total. The number of nitrogens with one attached hydrogen (secondary N) is 1. The lowest BCUT2D eigenvalue weighted by molar-refractivity contribution is 1.32. The number of aromatic nitrogens is 2. The molecule has 0 aliphatic heterocycles. The van der Waals surface area contributed by atoms with E-state index in [1.165, 1.54) is 5.57 Å². The minimum atomic E-state index is 0.467. The van der Waals surface area contributed by atoms with Crippen molar-refractivity contribution >= 4 is 28.0 Å². The van der Waals surface area contributed by atoms with Crippen LogP contribution < -0.4 is 0 Å². The third kappa shape index (κ3) is 9.33. The summed E-state index contributed by atoms with van der Waals surface area (Å²) in [5, 5.41) is 8.85. The molecule has 0 radical (unpaired) electrons. The molecule has 0 unspecified atom stereocenters. The predicted molar refractivity (Wildman–Crippen MR) is 287 cm³/mol. The van der Waals surface area contributed by atoms with Gasteiger partial charge in [0.15, 0.2) is 0 Å². The Kier molecular flexibility index (Phi) is 12.8. The Bertz CT molecular complexity index is 3390. The largest absolute Gasteiger partial charge is 0.300 e. The summed E-state index contributed by atoms with van der Waals surface area (Å²) in [6.45, 7) is 2.07. The molecule has 0 amide bonds. The van der Waals surface area contributed by atoms with Gasteiger partial charge in [0, 0.05) is 34.6 Å². The molecule has 3 nitrogen and oxygen atoms in total. The monoisotopic (exact) mass is 871 g/mol. The summed E-state index contributed by atoms with van der Waals surface area (Å²) >= 11 is 0. The van der Waals surface area contributed by atoms with Gasteiger partial charge in [-0.25, -0.2) is 0 Å². The van der Waals surface area contributed by atoms with Crippen LogP contribution in [0.3, 0.4) is 0 Å². The summed E-state index contributed by atoms with van der Waals surface area (Å²) < 4.78 is 0. The first-order valence-electron chi connectivity index (χ1n) is 23.1. The SMILES string of the molecule is CC=C(C=CC(=N)c1ccccc1)c1ccccc1C1=CCC(c2ccccc2-c2cnc(-c3ccccc3)cc2-c2ccccc2)=CC(c2ccccc2-c2ccc(-c3ccccc3)nc2)=C1. The molecule has 68 heavy (non-hydrogen) atoms. The van der Waals surface area contributed by atoms with E-state index in [1.807, 2.05) is 66.9 Å². The minimum absolute atomic E-state index is 0.467. The second kappa shape index (κ2) is 20.2. The molecule has 0 saturated heterocycles. The van der Waals surface area contributed by atoms with Crippen LogP contribution in [0.15, 0.2) is 261 Å². The number of nitrogens with zero attached hydrogens (tertiary/aromatic N) is 2. The number of hydrogen-bond acceptors (Lipinski definition) is 3. The Hall–Kier alpha value is -8.79. The van der Waals surface area contributed by atoms with Crippen molar-refractivity contribution in [3.8, 4) is 55.9 Å². The van der Waals surface area contributed by atoms with Gasteiger partial charge in [-0.1, -0.05) is 224 Å². The van der Waals surface area contributed by atoms with E-state index in [9.17, 15) is 0 Å². The second-order valence-corrected chi connectivity index (χ2v) is 16.8. The van der Waals surface area contributed by atoms with E-state index < -0.39 is 0 Å². The molecular weight excluding hydrogens is 823 g/mol. The van der Waals surface area contributed by atoms with Crippen LogP contribution in [0.25, 0.3) is 78.2 Å². The van der Waals surface area contributed by atoms with Crippen LogP contribution in [0.4, 0.5) is 0 Å². The van der Waals surface area contributed by atoms with Gasteiger partial charge in [-0.2, -0.15) is 0 Å². The summed E-state index contributed by atoms with van der Waals surface area (Å²) in [7, 11) is 0. The van der Waals surface area contributed by atoms with Gasteiger partial charge >= 0.3 is 0 Å². The molecular formula is C65H49N3. The Labute approximate surface area is 399 Å². The van der Waals surface area contributed by atoms with Gasteiger partial charge in [0.25, 0.3) is 0 Å². The highest BCUT2D eigenvalue weighted by atomic mass is 14.7. The van der Waals surface area contributed by atoms with E-state index >= 15 is 0 Å². The number of rotatable bonds is 12. The number of benzene rings is 7. The summed E-state index contributed by atoms with van der Waals surface area (Å²) in [6, 6.07) is 73.9. The Morgan fingerprint density at radius 2 is 0.985 bits per heavy atom. The van der Waals surface area contributed by atoms with Crippen LogP contribution in [0.2, 0.25) is 0 Å². The van der Waals surface area contributed by atoms with Crippen molar-refractivity contribution in [2.24, 2.45) is 0 Å². The van der Waals surface area contributed by atoms with Gasteiger partial charge in [-0.15, -0.1) is 0 Å². The van der Waals surface area contributed by atoms with Gasteiger partial charge in [0.2, 0.25) is 0 Å². The smallest absolute Gasteiger partial charge is 0.0708 e. The summed E-state index contributed by atoms with van der Waals surface area (Å²) in [6.07, 6.45) is 18.0. The fourth-order valence-electron chi connectivity index (χ4n) is 9.09. The van der Waals surface area contributed by atoms with Crippen LogP contribution in [-0.4, -0.2) is 15.7 Å². The average Bonchev–Trinajstić information content (AvgIpc) is 3.65. The molecule has 0 spiro atoms. The van der Waals surface area contributed by atoms with Gasteiger partial charge in [0.1, 0.15) is 0 Å². The molecule has 3 heteroatoms. The summed E-state index contributed by atoms with van der Waals surface area (Å²) in [5.41, 5.74) is 21.0. The van der Waals surface area contributed by atoms with Crippen molar-refractivity contribution in [3.63, 3.8) is 0 Å². The Morgan fingerprint density at radius 1 is 0.426 bits per heavy atom. The molecule has 0 saturated carbocycles. The van der Waals surface area contributed by atoms with Crippen LogP contribution >= 0.6 is 0 Å². The summed E-state index contributed by atoms with van der Waals surface area (Å²) in [5.74, 6) is 0. The maximum atomic E-state index is 8.85. The van der Waals surface area contributed by atoms with Crippen molar-refractivity contribution in [3.05, 3.63) is 289 Å². The lowest BCUT2D eigenvalue weighted by Gasteiger charge is -2.17. The van der Waals surface area contributed by atoms with E-state index in [0.29, 0.717) is 12.1 Å². The highest BCUT2D eigenvalue weighted by molar-refractivity contribution is 6.08. The Morgan fingerprint density at radius 3 is 1.65 bits per heavy atom.